The molecule has 2 aromatic carbocycles. The number of carbonyl (C=O) groups is 2. The van der Waals surface area contributed by atoms with Gasteiger partial charge in [-0.3, -0.25) is 14.9 Å². The summed E-state index contributed by atoms with van der Waals surface area (Å²) in [5.41, 5.74) is 0.755. The zero-order valence-corrected chi connectivity index (χ0v) is 16.8. The van der Waals surface area contributed by atoms with E-state index in [9.17, 15) is 19.7 Å². The average molecular weight is 440 g/mol. The number of rotatable bonds is 5. The quantitative estimate of drug-likeness (QED) is 0.268. The molecule has 0 atom stereocenters. The van der Waals surface area contributed by atoms with E-state index in [2.05, 4.69) is 5.32 Å². The van der Waals surface area contributed by atoms with Crippen LogP contribution in [0.2, 0.25) is 5.02 Å². The molecule has 9 nitrogen and oxygen atoms in total. The van der Waals surface area contributed by atoms with Crippen molar-refractivity contribution < 1.29 is 23.7 Å². The Hall–Kier alpha value is -4.11. The van der Waals surface area contributed by atoms with Crippen molar-refractivity contribution in [2.75, 3.05) is 12.0 Å². The first-order valence-electron chi connectivity index (χ1n) is 8.92. The monoisotopic (exact) mass is 439 g/mol. The summed E-state index contributed by atoms with van der Waals surface area (Å²) in [5, 5.41) is 13.9. The lowest BCUT2D eigenvalue weighted by Gasteiger charge is -2.11. The van der Waals surface area contributed by atoms with E-state index in [1.807, 2.05) is 0 Å². The van der Waals surface area contributed by atoms with E-state index >= 15 is 0 Å². The number of nitrogens with zero attached hydrogens (tertiary/aromatic N) is 2. The Bertz CT molecular complexity index is 1250. The highest BCUT2D eigenvalue weighted by Gasteiger charge is 2.35. The topological polar surface area (TPSA) is 115 Å². The molecule has 1 saturated heterocycles. The van der Waals surface area contributed by atoms with Crippen LogP contribution in [0.3, 0.4) is 0 Å². The number of hydrogen-bond acceptors (Lipinski definition) is 6. The van der Waals surface area contributed by atoms with Crippen LogP contribution in [0.1, 0.15) is 5.76 Å². The van der Waals surface area contributed by atoms with Gasteiger partial charge in [-0.25, -0.2) is 9.69 Å². The molecule has 0 bridgehead atoms. The number of ether oxygens (including phenoxy) is 1. The van der Waals surface area contributed by atoms with Gasteiger partial charge in [0.05, 0.1) is 29.4 Å². The number of halogens is 1. The van der Waals surface area contributed by atoms with Crippen LogP contribution in [-0.2, 0) is 4.79 Å². The maximum Gasteiger partial charge on any atom is 0.333 e. The van der Waals surface area contributed by atoms with E-state index in [1.54, 1.807) is 30.3 Å². The third kappa shape index (κ3) is 3.86. The molecule has 1 aliphatic heterocycles. The number of benzene rings is 2. The number of nitrogens with one attached hydrogen (secondary N) is 1. The average Bonchev–Trinajstić information content (AvgIpc) is 3.31. The van der Waals surface area contributed by atoms with E-state index in [0.29, 0.717) is 27.8 Å². The number of imide groups is 1. The van der Waals surface area contributed by atoms with Crippen molar-refractivity contribution in [1.29, 1.82) is 0 Å². The van der Waals surface area contributed by atoms with E-state index < -0.39 is 16.9 Å². The van der Waals surface area contributed by atoms with Gasteiger partial charge >= 0.3 is 6.03 Å². The summed E-state index contributed by atoms with van der Waals surface area (Å²) >= 11 is 5.95. The normalized spacial score (nSPS) is 14.8. The van der Waals surface area contributed by atoms with Gasteiger partial charge in [-0.05, 0) is 36.4 Å². The number of carbonyl (C=O) groups excluding carboxylic acids is 2. The molecule has 3 aromatic rings. The third-order valence-electron chi connectivity index (χ3n) is 4.52. The highest BCUT2D eigenvalue weighted by atomic mass is 35.5. The number of nitro groups is 1. The van der Waals surface area contributed by atoms with Gasteiger partial charge in [-0.1, -0.05) is 17.7 Å². The Morgan fingerprint density at radius 3 is 2.68 bits per heavy atom. The van der Waals surface area contributed by atoms with E-state index in [-0.39, 0.29) is 17.1 Å². The lowest BCUT2D eigenvalue weighted by molar-refractivity contribution is -0.384. The second-order valence-electron chi connectivity index (χ2n) is 6.45. The van der Waals surface area contributed by atoms with Crippen LogP contribution in [-0.4, -0.2) is 24.0 Å². The first-order chi connectivity index (χ1) is 14.9. The highest BCUT2D eigenvalue weighted by molar-refractivity contribution is 6.32. The Balaban J connectivity index is 1.63. The smallest absolute Gasteiger partial charge is 0.333 e. The van der Waals surface area contributed by atoms with Crippen molar-refractivity contribution in [2.24, 2.45) is 0 Å². The minimum Gasteiger partial charge on any atom is -0.496 e. The van der Waals surface area contributed by atoms with Gasteiger partial charge in [0.15, 0.2) is 0 Å². The van der Waals surface area contributed by atoms with Crippen molar-refractivity contribution in [3.05, 3.63) is 81.2 Å². The van der Waals surface area contributed by atoms with Crippen LogP contribution in [0, 0.1) is 10.1 Å². The predicted octanol–water partition coefficient (Wildman–Crippen LogP) is 4.61. The molecular formula is C21H14ClN3O6. The second-order valence-corrected chi connectivity index (χ2v) is 6.89. The standard InChI is InChI=1S/C21H14ClN3O6/c1-30-19-10-14(25(28)29)5-7-16(19)18-8-6-15(31-18)11-17-20(26)24(21(27)23-17)13-4-2-3-12(22)9-13/h2-11H,1H3,(H,23,27)/b17-11-. The van der Waals surface area contributed by atoms with Gasteiger partial charge in [0.25, 0.3) is 11.6 Å². The number of amides is 3. The summed E-state index contributed by atoms with van der Waals surface area (Å²) in [6.45, 7) is 0. The largest absolute Gasteiger partial charge is 0.496 e. The van der Waals surface area contributed by atoms with Crippen LogP contribution < -0.4 is 15.0 Å². The molecule has 1 N–H and O–H groups in total. The number of anilines is 1. The summed E-state index contributed by atoms with van der Waals surface area (Å²) in [5.74, 6) is 0.382. The van der Waals surface area contributed by atoms with Crippen molar-refractivity contribution in [1.82, 2.24) is 5.32 Å². The maximum atomic E-state index is 12.7. The number of urea groups is 1. The first kappa shape index (κ1) is 20.2. The van der Waals surface area contributed by atoms with Crippen LogP contribution >= 0.6 is 11.6 Å². The Labute approximate surface area is 180 Å². The van der Waals surface area contributed by atoms with E-state index in [4.69, 9.17) is 20.8 Å². The number of hydrogen-bond donors (Lipinski definition) is 1. The molecule has 31 heavy (non-hydrogen) atoms. The minimum absolute atomic E-state index is 0.0292. The Kier molecular flexibility index (Phi) is 5.18. The fraction of sp³-hybridized carbons (Fsp3) is 0.0476. The molecular weight excluding hydrogens is 426 g/mol. The SMILES string of the molecule is COc1cc([N+](=O)[O-])ccc1-c1ccc(/C=C2\NC(=O)N(c3cccc(Cl)c3)C2=O)o1. The Morgan fingerprint density at radius 1 is 1.16 bits per heavy atom. The van der Waals surface area contributed by atoms with Crippen molar-refractivity contribution >= 4 is 41.0 Å². The second kappa shape index (κ2) is 7.96. The zero-order chi connectivity index (χ0) is 22.1. The summed E-state index contributed by atoms with van der Waals surface area (Å²) < 4.78 is 11.0. The Morgan fingerprint density at radius 2 is 1.97 bits per heavy atom. The molecule has 1 aliphatic rings. The van der Waals surface area contributed by atoms with Gasteiger partial charge in [0, 0.05) is 17.2 Å². The lowest BCUT2D eigenvalue weighted by atomic mass is 10.1. The van der Waals surface area contributed by atoms with Crippen LogP contribution in [0.5, 0.6) is 5.75 Å². The molecule has 0 aliphatic carbocycles. The van der Waals surface area contributed by atoms with Crippen molar-refractivity contribution in [3.63, 3.8) is 0 Å². The summed E-state index contributed by atoms with van der Waals surface area (Å²) in [4.78, 5) is 36.4. The predicted molar refractivity (Wildman–Crippen MR) is 113 cm³/mol. The maximum absolute atomic E-state index is 12.7. The van der Waals surface area contributed by atoms with Crippen LogP contribution in [0.25, 0.3) is 17.4 Å². The number of nitro benzene ring substituents is 1. The molecule has 0 spiro atoms. The van der Waals surface area contributed by atoms with Crippen molar-refractivity contribution in [2.45, 2.75) is 0 Å². The summed E-state index contributed by atoms with van der Waals surface area (Å²) in [6, 6.07) is 13.1. The first-order valence-corrected chi connectivity index (χ1v) is 9.30. The summed E-state index contributed by atoms with van der Waals surface area (Å²) in [7, 11) is 1.39. The van der Waals surface area contributed by atoms with E-state index in [0.717, 1.165) is 4.90 Å². The zero-order valence-electron chi connectivity index (χ0n) is 16.0. The number of furan rings is 1. The fourth-order valence-electron chi connectivity index (χ4n) is 3.10. The minimum atomic E-state index is -0.609. The van der Waals surface area contributed by atoms with Gasteiger partial charge < -0.3 is 14.5 Å². The molecule has 10 heteroatoms. The third-order valence-corrected chi connectivity index (χ3v) is 4.75. The van der Waals surface area contributed by atoms with Crippen LogP contribution in [0.4, 0.5) is 16.2 Å². The molecule has 0 radical (unpaired) electrons. The molecule has 3 amide bonds. The highest BCUT2D eigenvalue weighted by Crippen LogP contribution is 2.35. The van der Waals surface area contributed by atoms with Crippen molar-refractivity contribution in [3.8, 4) is 17.1 Å². The number of methoxy groups -OCH3 is 1. The molecule has 0 unspecified atom stereocenters. The fourth-order valence-corrected chi connectivity index (χ4v) is 3.28. The summed E-state index contributed by atoms with van der Waals surface area (Å²) in [6.07, 6.45) is 1.39. The van der Waals surface area contributed by atoms with Crippen LogP contribution in [0.15, 0.2) is 64.7 Å². The number of non-ortho nitro benzene ring substituents is 1. The molecule has 4 rings (SSSR count). The van der Waals surface area contributed by atoms with E-state index in [1.165, 1.54) is 37.5 Å². The van der Waals surface area contributed by atoms with Gasteiger partial charge in [0.1, 0.15) is 23.0 Å². The van der Waals surface area contributed by atoms with Gasteiger partial charge in [0.2, 0.25) is 0 Å². The molecule has 0 saturated carbocycles. The molecule has 2 heterocycles. The van der Waals surface area contributed by atoms with Gasteiger partial charge in [-0.15, -0.1) is 0 Å². The van der Waals surface area contributed by atoms with Gasteiger partial charge in [-0.2, -0.15) is 0 Å². The molecule has 1 aromatic heterocycles. The lowest BCUT2D eigenvalue weighted by Crippen LogP contribution is -2.30. The molecule has 1 fully saturated rings. The molecule has 156 valence electrons.